The van der Waals surface area contributed by atoms with Gasteiger partial charge in [-0.1, -0.05) is 54.1 Å². The highest BCUT2D eigenvalue weighted by Crippen LogP contribution is 2.39. The van der Waals surface area contributed by atoms with Gasteiger partial charge in [0.05, 0.1) is 5.69 Å². The Morgan fingerprint density at radius 2 is 1.63 bits per heavy atom. The molecule has 6 rings (SSSR count). The lowest BCUT2D eigenvalue weighted by molar-refractivity contribution is -0.144. The van der Waals surface area contributed by atoms with Gasteiger partial charge in [0.25, 0.3) is 11.5 Å². The van der Waals surface area contributed by atoms with Gasteiger partial charge in [0.15, 0.2) is 0 Å². The number of aryl methyl sites for hydroxylation is 1. The highest BCUT2D eigenvalue weighted by molar-refractivity contribution is 6.30. The molecule has 0 radical (unpaired) electrons. The van der Waals surface area contributed by atoms with Crippen molar-refractivity contribution in [3.05, 3.63) is 100.0 Å². The van der Waals surface area contributed by atoms with E-state index in [4.69, 9.17) is 0 Å². The Balaban J connectivity index is 1.38. The van der Waals surface area contributed by atoms with Crippen molar-refractivity contribution in [1.82, 2.24) is 14.8 Å². The van der Waals surface area contributed by atoms with Gasteiger partial charge in [-0.2, -0.15) is 0 Å². The molecule has 3 aliphatic rings. The Morgan fingerprint density at radius 1 is 0.868 bits per heavy atom. The maximum atomic E-state index is 14.3. The lowest BCUT2D eigenvalue weighted by Gasteiger charge is -2.47. The van der Waals surface area contributed by atoms with Gasteiger partial charge < -0.3 is 9.47 Å². The Labute approximate surface area is 220 Å². The largest absolute Gasteiger partial charge is 0.335 e. The van der Waals surface area contributed by atoms with Crippen LogP contribution in [0.15, 0.2) is 77.6 Å². The number of aromatic nitrogens is 1. The number of piperidine rings is 1. The minimum absolute atomic E-state index is 0.0142. The van der Waals surface area contributed by atoms with Crippen molar-refractivity contribution >= 4 is 23.5 Å². The number of hydrogen-bond acceptors (Lipinski definition) is 5. The van der Waals surface area contributed by atoms with Crippen LogP contribution in [0, 0.1) is 18.3 Å². The molecule has 3 aliphatic heterocycles. The smallest absolute Gasteiger partial charge is 0.312 e. The number of para-hydroxylation sites is 1. The summed E-state index contributed by atoms with van der Waals surface area (Å²) in [5, 5.41) is 2.50. The number of benzene rings is 2. The molecule has 4 heterocycles. The summed E-state index contributed by atoms with van der Waals surface area (Å²) in [6, 6.07) is 21.2. The number of imide groups is 2. The van der Waals surface area contributed by atoms with Crippen LogP contribution < -0.4 is 15.8 Å². The van der Waals surface area contributed by atoms with Crippen LogP contribution in [0.3, 0.4) is 0 Å². The van der Waals surface area contributed by atoms with Crippen LogP contribution in [0.2, 0.25) is 0 Å². The molecule has 0 unspecified atom stereocenters. The van der Waals surface area contributed by atoms with E-state index in [-0.39, 0.29) is 30.4 Å². The molecular formula is C30H30N4O4. The van der Waals surface area contributed by atoms with Gasteiger partial charge in [-0.05, 0) is 49.4 Å². The van der Waals surface area contributed by atoms with E-state index in [9.17, 15) is 19.2 Å². The number of nitrogens with zero attached hydrogens (tertiary/aromatic N) is 3. The van der Waals surface area contributed by atoms with Crippen LogP contribution in [0.1, 0.15) is 29.2 Å². The fourth-order valence-electron chi connectivity index (χ4n) is 6.40. The maximum Gasteiger partial charge on any atom is 0.335 e. The molecule has 0 aliphatic carbocycles. The molecule has 0 spiro atoms. The first-order valence-corrected chi connectivity index (χ1v) is 13.1. The van der Waals surface area contributed by atoms with Crippen molar-refractivity contribution in [3.8, 4) is 0 Å². The monoisotopic (exact) mass is 510 g/mol. The lowest BCUT2D eigenvalue weighted by atomic mass is 9.75. The summed E-state index contributed by atoms with van der Waals surface area (Å²) >= 11 is 0. The normalized spacial score (nSPS) is 25.2. The Morgan fingerprint density at radius 3 is 2.39 bits per heavy atom. The SMILES string of the molecule is Cc1ccc(C[C@@]2(CN3C[C@@H]4C[C@@H](C3)c3cccc(=O)n3C4)C(=O)NC(=O)N(c3ccccc3)C2=O)cc1. The summed E-state index contributed by atoms with van der Waals surface area (Å²) in [6.45, 7) is 4.11. The zero-order valence-corrected chi connectivity index (χ0v) is 21.3. The van der Waals surface area contributed by atoms with Crippen LogP contribution in [0.5, 0.6) is 0 Å². The van der Waals surface area contributed by atoms with E-state index >= 15 is 0 Å². The number of hydrogen-bond donors (Lipinski definition) is 1. The molecule has 2 fully saturated rings. The van der Waals surface area contributed by atoms with Crippen molar-refractivity contribution in [2.75, 3.05) is 24.5 Å². The first-order chi connectivity index (χ1) is 18.3. The van der Waals surface area contributed by atoms with E-state index in [2.05, 4.69) is 10.2 Å². The third-order valence-corrected chi connectivity index (χ3v) is 8.16. The molecule has 3 atom stereocenters. The quantitative estimate of drug-likeness (QED) is 0.533. The van der Waals surface area contributed by atoms with Crippen LogP contribution in [-0.2, 0) is 22.6 Å². The molecule has 8 nitrogen and oxygen atoms in total. The lowest BCUT2D eigenvalue weighted by Crippen LogP contribution is -2.68. The molecule has 38 heavy (non-hydrogen) atoms. The third kappa shape index (κ3) is 4.15. The Bertz CT molecular complexity index is 1470. The second-order valence-electron chi connectivity index (χ2n) is 10.9. The summed E-state index contributed by atoms with van der Waals surface area (Å²) in [5.74, 6) is -0.689. The average molecular weight is 511 g/mol. The second kappa shape index (κ2) is 9.36. The zero-order chi connectivity index (χ0) is 26.4. The molecule has 194 valence electrons. The number of urea groups is 1. The van der Waals surface area contributed by atoms with Crippen LogP contribution >= 0.6 is 0 Å². The van der Waals surface area contributed by atoms with Gasteiger partial charge in [0, 0.05) is 43.9 Å². The molecule has 2 bridgehead atoms. The van der Waals surface area contributed by atoms with E-state index < -0.39 is 23.3 Å². The molecule has 0 saturated carbocycles. The van der Waals surface area contributed by atoms with E-state index in [1.807, 2.05) is 47.9 Å². The summed E-state index contributed by atoms with van der Waals surface area (Å²) in [7, 11) is 0. The van der Waals surface area contributed by atoms with E-state index in [0.29, 0.717) is 25.3 Å². The molecule has 1 aromatic heterocycles. The van der Waals surface area contributed by atoms with Crippen molar-refractivity contribution in [2.45, 2.75) is 32.2 Å². The van der Waals surface area contributed by atoms with Gasteiger partial charge in [-0.15, -0.1) is 0 Å². The number of anilines is 1. The highest BCUT2D eigenvalue weighted by atomic mass is 16.2. The average Bonchev–Trinajstić information content (AvgIpc) is 2.90. The fourth-order valence-corrected chi connectivity index (χ4v) is 6.40. The van der Waals surface area contributed by atoms with Gasteiger partial charge in [-0.3, -0.25) is 19.7 Å². The number of nitrogens with one attached hydrogen (secondary N) is 1. The van der Waals surface area contributed by atoms with Crippen LogP contribution in [0.4, 0.5) is 10.5 Å². The minimum Gasteiger partial charge on any atom is -0.312 e. The number of pyridine rings is 1. The standard InChI is InChI=1S/C30H30N4O4/c1-20-10-12-21(13-11-20)15-30(27(36)31-29(38)34(28(30)37)24-6-3-2-4-7-24)19-32-16-22-14-23(18-32)25-8-5-9-26(35)33(25)17-22/h2-13,22-23H,14-19H2,1H3,(H,31,36,38)/t22-,23-,30+/m0/s1. The molecule has 4 amide bonds. The maximum absolute atomic E-state index is 14.3. The number of amides is 4. The van der Waals surface area contributed by atoms with Crippen LogP contribution in [0.25, 0.3) is 0 Å². The van der Waals surface area contributed by atoms with Gasteiger partial charge in [-0.25, -0.2) is 9.69 Å². The van der Waals surface area contributed by atoms with Gasteiger partial charge >= 0.3 is 6.03 Å². The number of carbonyl (C=O) groups excluding carboxylic acids is 3. The fraction of sp³-hybridized carbons (Fsp3) is 0.333. The van der Waals surface area contributed by atoms with Crippen molar-refractivity contribution in [3.63, 3.8) is 0 Å². The summed E-state index contributed by atoms with van der Waals surface area (Å²) < 4.78 is 1.87. The predicted molar refractivity (Wildman–Crippen MR) is 143 cm³/mol. The van der Waals surface area contributed by atoms with Crippen molar-refractivity contribution < 1.29 is 14.4 Å². The molecule has 3 aromatic rings. The highest BCUT2D eigenvalue weighted by Gasteiger charge is 2.55. The predicted octanol–water partition coefficient (Wildman–Crippen LogP) is 3.09. The second-order valence-corrected chi connectivity index (χ2v) is 10.9. The molecule has 8 heteroatoms. The molecule has 2 aromatic carbocycles. The molecule has 1 N–H and O–H groups in total. The van der Waals surface area contributed by atoms with E-state index in [0.717, 1.165) is 28.1 Å². The zero-order valence-electron chi connectivity index (χ0n) is 21.3. The number of rotatable bonds is 5. The Hall–Kier alpha value is -4.04. The minimum atomic E-state index is -1.49. The summed E-state index contributed by atoms with van der Waals surface area (Å²) in [6.07, 6.45) is 1.15. The first kappa shape index (κ1) is 24.3. The molecule has 2 saturated heterocycles. The number of barbiturate groups is 1. The van der Waals surface area contributed by atoms with Gasteiger partial charge in [0.1, 0.15) is 5.41 Å². The molecular weight excluding hydrogens is 480 g/mol. The van der Waals surface area contributed by atoms with Gasteiger partial charge in [0.2, 0.25) is 5.91 Å². The summed E-state index contributed by atoms with van der Waals surface area (Å²) in [5.41, 5.74) is 1.91. The first-order valence-electron chi connectivity index (χ1n) is 13.1. The van der Waals surface area contributed by atoms with E-state index in [1.165, 1.54) is 0 Å². The van der Waals surface area contributed by atoms with Crippen molar-refractivity contribution in [1.29, 1.82) is 0 Å². The van der Waals surface area contributed by atoms with Crippen LogP contribution in [-0.4, -0.2) is 46.9 Å². The third-order valence-electron chi connectivity index (χ3n) is 8.16. The number of fused-ring (bicyclic) bond motifs is 4. The topological polar surface area (TPSA) is 91.7 Å². The number of likely N-dealkylation sites (tertiary alicyclic amines) is 1. The Kier molecular flexibility index (Phi) is 5.99. The van der Waals surface area contributed by atoms with Crippen molar-refractivity contribution in [2.24, 2.45) is 11.3 Å². The number of carbonyl (C=O) groups is 3. The summed E-state index contributed by atoms with van der Waals surface area (Å²) in [4.78, 5) is 56.7. The van der Waals surface area contributed by atoms with E-state index in [1.54, 1.807) is 36.4 Å².